The lowest BCUT2D eigenvalue weighted by Gasteiger charge is -2.34. The van der Waals surface area contributed by atoms with Crippen LogP contribution in [-0.4, -0.2) is 71.2 Å². The lowest BCUT2D eigenvalue weighted by Crippen LogP contribution is -2.42. The Kier molecular flexibility index (Phi) is 9.07. The summed E-state index contributed by atoms with van der Waals surface area (Å²) in [4.78, 5) is 44.5. The van der Waals surface area contributed by atoms with Crippen LogP contribution in [0.2, 0.25) is 0 Å². The number of ether oxygens (including phenoxy) is 1. The van der Waals surface area contributed by atoms with Crippen molar-refractivity contribution in [1.82, 2.24) is 14.5 Å². The minimum absolute atomic E-state index is 0.0374. The van der Waals surface area contributed by atoms with Crippen LogP contribution < -0.4 is 4.90 Å². The predicted molar refractivity (Wildman–Crippen MR) is 147 cm³/mol. The van der Waals surface area contributed by atoms with E-state index in [0.29, 0.717) is 19.3 Å². The van der Waals surface area contributed by atoms with Crippen LogP contribution in [0.3, 0.4) is 0 Å². The Morgan fingerprint density at radius 2 is 2.05 bits per heavy atom. The first kappa shape index (κ1) is 28.1. The lowest BCUT2D eigenvalue weighted by atomic mass is 9.85. The number of carbonyl (C=O) groups excluding carboxylic acids is 2. The van der Waals surface area contributed by atoms with Crippen molar-refractivity contribution < 1.29 is 24.2 Å². The van der Waals surface area contributed by atoms with Gasteiger partial charge in [0.1, 0.15) is 12.1 Å². The van der Waals surface area contributed by atoms with Crippen LogP contribution >= 0.6 is 0 Å². The quantitative estimate of drug-likeness (QED) is 0.337. The molecule has 1 N–H and O–H groups in total. The number of fused-ring (bicyclic) bond motifs is 3. The zero-order valence-electron chi connectivity index (χ0n) is 23.2. The molecule has 1 aromatic carbocycles. The second-order valence-electron chi connectivity index (χ2n) is 11.2. The Balaban J connectivity index is 1.74. The Morgan fingerprint density at radius 1 is 1.26 bits per heavy atom. The summed E-state index contributed by atoms with van der Waals surface area (Å²) in [7, 11) is 3.51. The van der Waals surface area contributed by atoms with E-state index in [1.807, 2.05) is 13.0 Å². The van der Waals surface area contributed by atoms with Gasteiger partial charge in [-0.05, 0) is 77.6 Å². The average molecular weight is 527 g/mol. The van der Waals surface area contributed by atoms with Gasteiger partial charge in [0.05, 0.1) is 29.7 Å². The van der Waals surface area contributed by atoms with Crippen molar-refractivity contribution in [2.24, 2.45) is 5.92 Å². The van der Waals surface area contributed by atoms with Crippen molar-refractivity contribution in [2.75, 3.05) is 32.1 Å². The Bertz CT molecular complexity index is 1160. The summed E-state index contributed by atoms with van der Waals surface area (Å²) in [6.45, 7) is 5.94. The van der Waals surface area contributed by atoms with Crippen LogP contribution in [0.15, 0.2) is 12.1 Å². The minimum atomic E-state index is -0.719. The van der Waals surface area contributed by atoms with Crippen molar-refractivity contribution in [3.63, 3.8) is 0 Å². The summed E-state index contributed by atoms with van der Waals surface area (Å²) in [5.41, 5.74) is 3.85. The van der Waals surface area contributed by atoms with Gasteiger partial charge in [-0.3, -0.25) is 9.69 Å². The Hall–Kier alpha value is -2.94. The van der Waals surface area contributed by atoms with Gasteiger partial charge in [0.25, 0.3) is 0 Å². The van der Waals surface area contributed by atoms with Crippen molar-refractivity contribution in [2.45, 2.75) is 89.6 Å². The molecule has 4 unspecified atom stereocenters. The number of anilines is 1. The maximum atomic E-state index is 12.7. The fourth-order valence-electron chi connectivity index (χ4n) is 6.40. The highest BCUT2D eigenvalue weighted by atomic mass is 16.5. The highest BCUT2D eigenvalue weighted by Gasteiger charge is 2.35. The summed E-state index contributed by atoms with van der Waals surface area (Å²) in [6, 6.07) is 4.17. The number of amides is 1. The number of imidazole rings is 1. The molecule has 1 aliphatic heterocycles. The Morgan fingerprint density at radius 3 is 2.76 bits per heavy atom. The van der Waals surface area contributed by atoms with Gasteiger partial charge in [-0.15, -0.1) is 0 Å². The van der Waals surface area contributed by atoms with E-state index < -0.39 is 5.97 Å². The number of benzene rings is 1. The molecule has 2 heterocycles. The zero-order chi connectivity index (χ0) is 27.4. The molecule has 38 heavy (non-hydrogen) atoms. The number of aromatic nitrogens is 2. The maximum Gasteiger partial charge on any atom is 0.414 e. The Labute approximate surface area is 225 Å². The standard InChI is InChI=1S/C29H42N4O5/c1-19(18-31(3)15-6-5-7-16-34)27-30-26-23-12-11-20(2)32(29(37)38-4)24(23)13-14-25(26)33(27)22-10-8-9-21(17-22)28(35)36/h13-14,16,19-22H,5-12,15,17-18H2,1-4H3,(H,35,36). The number of aryl methyl sites for hydroxylation is 1. The summed E-state index contributed by atoms with van der Waals surface area (Å²) in [6.07, 6.45) is 7.84. The number of aliphatic carboxylic acids is 1. The topological polar surface area (TPSA) is 105 Å². The third-order valence-electron chi connectivity index (χ3n) is 8.35. The second-order valence-corrected chi connectivity index (χ2v) is 11.2. The number of likely N-dealkylation sites (N-methyl/N-ethyl adjacent to an activating group) is 1. The molecule has 4 atom stereocenters. The number of aldehydes is 1. The number of unbranched alkanes of at least 4 members (excludes halogenated alkanes) is 2. The smallest absolute Gasteiger partial charge is 0.414 e. The summed E-state index contributed by atoms with van der Waals surface area (Å²) in [5.74, 6) is 0.0398. The highest BCUT2D eigenvalue weighted by Crippen LogP contribution is 2.41. The summed E-state index contributed by atoms with van der Waals surface area (Å²) >= 11 is 0. The molecule has 0 saturated heterocycles. The van der Waals surface area contributed by atoms with E-state index in [-0.39, 0.29) is 30.0 Å². The normalized spacial score (nSPS) is 22.3. The molecular weight excluding hydrogens is 484 g/mol. The number of hydrogen-bond donors (Lipinski definition) is 1. The van der Waals surface area contributed by atoms with E-state index in [4.69, 9.17) is 9.72 Å². The molecule has 0 radical (unpaired) electrons. The molecule has 1 fully saturated rings. The third-order valence-corrected chi connectivity index (χ3v) is 8.35. The molecule has 0 spiro atoms. The van der Waals surface area contributed by atoms with E-state index >= 15 is 0 Å². The molecule has 1 amide bonds. The van der Waals surface area contributed by atoms with E-state index in [1.165, 1.54) is 7.11 Å². The zero-order valence-corrected chi connectivity index (χ0v) is 23.2. The molecule has 9 nitrogen and oxygen atoms in total. The van der Waals surface area contributed by atoms with Gasteiger partial charge in [0, 0.05) is 36.5 Å². The van der Waals surface area contributed by atoms with Gasteiger partial charge in [-0.25, -0.2) is 9.78 Å². The molecule has 2 aromatic rings. The second kappa shape index (κ2) is 12.3. The fraction of sp³-hybridized carbons (Fsp3) is 0.655. The molecule has 4 rings (SSSR count). The van der Waals surface area contributed by atoms with Gasteiger partial charge in [0.15, 0.2) is 0 Å². The van der Waals surface area contributed by atoms with Crippen LogP contribution in [0.4, 0.5) is 10.5 Å². The van der Waals surface area contributed by atoms with E-state index in [1.54, 1.807) is 4.90 Å². The molecule has 1 saturated carbocycles. The van der Waals surface area contributed by atoms with Crippen molar-refractivity contribution >= 4 is 35.1 Å². The monoisotopic (exact) mass is 526 g/mol. The molecule has 9 heteroatoms. The molecular formula is C29H42N4O5. The molecule has 0 bridgehead atoms. The molecule has 1 aromatic heterocycles. The van der Waals surface area contributed by atoms with Crippen molar-refractivity contribution in [3.8, 4) is 0 Å². The summed E-state index contributed by atoms with van der Waals surface area (Å²) in [5, 5.41) is 9.77. The van der Waals surface area contributed by atoms with Crippen LogP contribution in [0.5, 0.6) is 0 Å². The number of carboxylic acids is 1. The first-order valence-corrected chi connectivity index (χ1v) is 14.0. The van der Waals surface area contributed by atoms with Gasteiger partial charge >= 0.3 is 12.1 Å². The van der Waals surface area contributed by atoms with Gasteiger partial charge < -0.3 is 24.1 Å². The van der Waals surface area contributed by atoms with Crippen LogP contribution in [0.25, 0.3) is 11.0 Å². The maximum absolute atomic E-state index is 12.7. The van der Waals surface area contributed by atoms with E-state index in [0.717, 1.165) is 86.0 Å². The van der Waals surface area contributed by atoms with Crippen LogP contribution in [-0.2, 0) is 20.7 Å². The number of carboxylic acid groups (broad SMARTS) is 1. The van der Waals surface area contributed by atoms with Gasteiger partial charge in [0.2, 0.25) is 0 Å². The number of methoxy groups -OCH3 is 1. The van der Waals surface area contributed by atoms with Crippen molar-refractivity contribution in [1.29, 1.82) is 0 Å². The largest absolute Gasteiger partial charge is 0.481 e. The first-order valence-electron chi connectivity index (χ1n) is 14.0. The van der Waals surface area contributed by atoms with E-state index in [9.17, 15) is 19.5 Å². The van der Waals surface area contributed by atoms with E-state index in [2.05, 4.69) is 29.5 Å². The van der Waals surface area contributed by atoms with Crippen molar-refractivity contribution in [3.05, 3.63) is 23.5 Å². The predicted octanol–water partition coefficient (Wildman–Crippen LogP) is 5.16. The number of nitrogens with zero attached hydrogens (tertiary/aromatic N) is 4. The fourth-order valence-corrected chi connectivity index (χ4v) is 6.40. The SMILES string of the molecule is COC(=O)N1c2ccc3c(nc(C(C)CN(C)CCCCC=O)n3C3CCCC(C(=O)O)C3)c2CCC1C. The number of rotatable bonds is 10. The van der Waals surface area contributed by atoms with Gasteiger partial charge in [-0.1, -0.05) is 13.3 Å². The highest BCUT2D eigenvalue weighted by molar-refractivity contribution is 5.95. The third kappa shape index (κ3) is 5.72. The summed E-state index contributed by atoms with van der Waals surface area (Å²) < 4.78 is 7.41. The average Bonchev–Trinajstić information content (AvgIpc) is 3.31. The lowest BCUT2D eigenvalue weighted by molar-refractivity contribution is -0.143. The van der Waals surface area contributed by atoms with Crippen LogP contribution in [0.1, 0.15) is 88.6 Å². The molecule has 208 valence electrons. The molecule has 2 aliphatic rings. The molecule has 1 aliphatic carbocycles. The number of carbonyl (C=O) groups is 3. The number of hydrogen-bond acceptors (Lipinski definition) is 6. The van der Waals surface area contributed by atoms with Gasteiger partial charge in [-0.2, -0.15) is 0 Å². The minimum Gasteiger partial charge on any atom is -0.481 e. The first-order chi connectivity index (χ1) is 18.3. The van der Waals surface area contributed by atoms with Crippen LogP contribution in [0, 0.1) is 5.92 Å².